The fourth-order valence-electron chi connectivity index (χ4n) is 2.62. The summed E-state index contributed by atoms with van der Waals surface area (Å²) in [6, 6.07) is 5.46. The molecule has 2 aromatic rings. The number of amides is 2. The fraction of sp³-hybridized carbons (Fsp3) is 0.412. The van der Waals surface area contributed by atoms with E-state index in [1.54, 1.807) is 18.1 Å². The van der Waals surface area contributed by atoms with E-state index in [4.69, 9.17) is 16.3 Å². The minimum Gasteiger partial charge on any atom is -0.384 e. The molecule has 1 saturated heterocycles. The second-order valence-electron chi connectivity index (χ2n) is 6.04. The predicted molar refractivity (Wildman–Crippen MR) is 108 cm³/mol. The van der Waals surface area contributed by atoms with Gasteiger partial charge in [-0.15, -0.1) is 10.2 Å². The van der Waals surface area contributed by atoms with Crippen molar-refractivity contribution < 1.29 is 14.3 Å². The average molecular weight is 427 g/mol. The predicted octanol–water partition coefficient (Wildman–Crippen LogP) is 3.23. The van der Waals surface area contributed by atoms with Gasteiger partial charge in [0.25, 0.3) is 0 Å². The molecule has 0 aliphatic carbocycles. The number of halogens is 1. The van der Waals surface area contributed by atoms with Gasteiger partial charge in [0.2, 0.25) is 16.9 Å². The quantitative estimate of drug-likeness (QED) is 0.415. The van der Waals surface area contributed by atoms with Crippen molar-refractivity contribution in [3.63, 3.8) is 0 Å². The number of anilines is 2. The smallest absolute Gasteiger partial charge is 0.231 e. The van der Waals surface area contributed by atoms with E-state index in [9.17, 15) is 9.59 Å². The van der Waals surface area contributed by atoms with E-state index in [2.05, 4.69) is 15.5 Å². The van der Waals surface area contributed by atoms with E-state index in [1.165, 1.54) is 23.1 Å². The Hall–Kier alpha value is -1.68. The molecule has 27 heavy (non-hydrogen) atoms. The Labute approximate surface area is 170 Å². The first kappa shape index (κ1) is 20.1. The first-order valence-corrected chi connectivity index (χ1v) is 10.5. The van der Waals surface area contributed by atoms with E-state index in [1.807, 2.05) is 19.1 Å². The molecule has 0 spiro atoms. The van der Waals surface area contributed by atoms with Crippen LogP contribution in [0.1, 0.15) is 12.0 Å². The normalized spacial score (nSPS) is 16.8. The topological polar surface area (TPSA) is 84.4 Å². The van der Waals surface area contributed by atoms with Crippen LogP contribution in [-0.2, 0) is 14.3 Å². The monoisotopic (exact) mass is 426 g/mol. The highest BCUT2D eigenvalue weighted by Gasteiger charge is 2.35. The minimum atomic E-state index is -0.439. The van der Waals surface area contributed by atoms with Crippen molar-refractivity contribution in [3.8, 4) is 0 Å². The number of thioether (sulfide) groups is 1. The third-order valence-corrected chi connectivity index (χ3v) is 6.46. The maximum Gasteiger partial charge on any atom is 0.231 e. The molecule has 1 aliphatic rings. The standard InChI is InChI=1S/C17H19ClN4O3S2/c1-10-3-4-12(8-13(10)18)22-9-11(7-14(22)23)15(24)19-16-20-21-17(27-16)26-6-5-25-2/h3-4,8,11H,5-7,9H2,1-2H3,(H,19,20,24)/t11-/m0/s1. The molecule has 3 rings (SSSR count). The molecule has 0 radical (unpaired) electrons. The van der Waals surface area contributed by atoms with E-state index in [-0.39, 0.29) is 18.2 Å². The number of rotatable bonds is 7. The second kappa shape index (κ2) is 9.01. The van der Waals surface area contributed by atoms with Crippen LogP contribution < -0.4 is 10.2 Å². The van der Waals surface area contributed by atoms with E-state index < -0.39 is 5.92 Å². The number of carbonyl (C=O) groups excluding carboxylic acids is 2. The SMILES string of the molecule is COCCSc1nnc(NC(=O)[C@H]2CC(=O)N(c3ccc(C)c(Cl)c3)C2)s1. The maximum absolute atomic E-state index is 12.5. The van der Waals surface area contributed by atoms with Crippen LogP contribution in [0, 0.1) is 12.8 Å². The molecule has 1 N–H and O–H groups in total. The molecule has 0 saturated carbocycles. The minimum absolute atomic E-state index is 0.0943. The summed E-state index contributed by atoms with van der Waals surface area (Å²) in [5.41, 5.74) is 1.65. The summed E-state index contributed by atoms with van der Waals surface area (Å²) in [5.74, 6) is 0.00690. The van der Waals surface area contributed by atoms with Gasteiger partial charge in [0.05, 0.1) is 12.5 Å². The summed E-state index contributed by atoms with van der Waals surface area (Å²) < 4.78 is 5.76. The van der Waals surface area contributed by atoms with Crippen LogP contribution in [0.3, 0.4) is 0 Å². The number of aromatic nitrogens is 2. The highest BCUT2D eigenvalue weighted by molar-refractivity contribution is 8.01. The Bertz CT molecular complexity index is 845. The fourth-order valence-corrected chi connectivity index (χ4v) is 4.52. The molecule has 10 heteroatoms. The van der Waals surface area contributed by atoms with Gasteiger partial charge in [-0.1, -0.05) is 40.8 Å². The largest absolute Gasteiger partial charge is 0.384 e. The lowest BCUT2D eigenvalue weighted by Crippen LogP contribution is -2.28. The third-order valence-electron chi connectivity index (χ3n) is 4.11. The lowest BCUT2D eigenvalue weighted by molar-refractivity contribution is -0.122. The van der Waals surface area contributed by atoms with Gasteiger partial charge in [-0.3, -0.25) is 9.59 Å². The van der Waals surface area contributed by atoms with Crippen molar-refractivity contribution in [3.05, 3.63) is 28.8 Å². The molecule has 144 valence electrons. The number of aryl methyl sites for hydroxylation is 1. The number of methoxy groups -OCH3 is 1. The second-order valence-corrected chi connectivity index (χ2v) is 8.77. The summed E-state index contributed by atoms with van der Waals surface area (Å²) in [6.07, 6.45) is 0.158. The van der Waals surface area contributed by atoms with E-state index >= 15 is 0 Å². The van der Waals surface area contributed by atoms with Gasteiger partial charge in [0, 0.05) is 36.5 Å². The van der Waals surface area contributed by atoms with Crippen molar-refractivity contribution in [2.45, 2.75) is 17.7 Å². The van der Waals surface area contributed by atoms with Crippen molar-refractivity contribution in [1.29, 1.82) is 0 Å². The summed E-state index contributed by atoms with van der Waals surface area (Å²) in [7, 11) is 1.64. The first-order valence-electron chi connectivity index (χ1n) is 8.30. The van der Waals surface area contributed by atoms with Gasteiger partial charge in [0.1, 0.15) is 0 Å². The Morgan fingerprint density at radius 1 is 1.48 bits per heavy atom. The Morgan fingerprint density at radius 2 is 2.30 bits per heavy atom. The Balaban J connectivity index is 1.59. The Kier molecular flexibility index (Phi) is 6.69. The molecule has 1 aromatic heterocycles. The molecule has 1 fully saturated rings. The lowest BCUT2D eigenvalue weighted by atomic mass is 10.1. The molecule has 7 nitrogen and oxygen atoms in total. The molecular weight excluding hydrogens is 408 g/mol. The first-order chi connectivity index (χ1) is 13.0. The molecule has 1 atom stereocenters. The van der Waals surface area contributed by atoms with Crippen LogP contribution in [0.5, 0.6) is 0 Å². The van der Waals surface area contributed by atoms with E-state index in [0.29, 0.717) is 29.0 Å². The number of carbonyl (C=O) groups is 2. The van der Waals surface area contributed by atoms with Gasteiger partial charge >= 0.3 is 0 Å². The van der Waals surface area contributed by atoms with Crippen LogP contribution in [0.4, 0.5) is 10.8 Å². The van der Waals surface area contributed by atoms with Crippen LogP contribution in [0.2, 0.25) is 5.02 Å². The zero-order valence-corrected chi connectivity index (χ0v) is 17.3. The molecule has 1 aromatic carbocycles. The number of ether oxygens (including phenoxy) is 1. The number of benzene rings is 1. The average Bonchev–Trinajstić information content (AvgIpc) is 3.24. The highest BCUT2D eigenvalue weighted by Crippen LogP contribution is 2.30. The molecule has 2 heterocycles. The van der Waals surface area contributed by atoms with Gasteiger partial charge < -0.3 is 15.0 Å². The van der Waals surface area contributed by atoms with Crippen molar-refractivity contribution >= 4 is 57.3 Å². The van der Waals surface area contributed by atoms with Gasteiger partial charge in [0.15, 0.2) is 4.34 Å². The summed E-state index contributed by atoms with van der Waals surface area (Å²) in [4.78, 5) is 26.5. The number of nitrogens with one attached hydrogen (secondary N) is 1. The molecule has 1 aliphatic heterocycles. The van der Waals surface area contributed by atoms with Gasteiger partial charge in [-0.2, -0.15) is 0 Å². The zero-order chi connectivity index (χ0) is 19.4. The summed E-state index contributed by atoms with van der Waals surface area (Å²) >= 11 is 8.98. The van der Waals surface area contributed by atoms with Crippen LogP contribution in [-0.4, -0.2) is 48.0 Å². The summed E-state index contributed by atoms with van der Waals surface area (Å²) in [6.45, 7) is 2.84. The molecule has 0 bridgehead atoms. The van der Waals surface area contributed by atoms with Crippen molar-refractivity contribution in [2.24, 2.45) is 5.92 Å². The highest BCUT2D eigenvalue weighted by atomic mass is 35.5. The molecule has 0 unspecified atom stereocenters. The number of hydrogen-bond acceptors (Lipinski definition) is 7. The maximum atomic E-state index is 12.5. The van der Waals surface area contributed by atoms with Gasteiger partial charge in [-0.05, 0) is 24.6 Å². The van der Waals surface area contributed by atoms with Gasteiger partial charge in [-0.25, -0.2) is 0 Å². The van der Waals surface area contributed by atoms with Crippen LogP contribution >= 0.6 is 34.7 Å². The third kappa shape index (κ3) is 4.98. The lowest BCUT2D eigenvalue weighted by Gasteiger charge is -2.17. The van der Waals surface area contributed by atoms with Crippen LogP contribution in [0.25, 0.3) is 0 Å². The van der Waals surface area contributed by atoms with Crippen LogP contribution in [0.15, 0.2) is 22.5 Å². The van der Waals surface area contributed by atoms with E-state index in [0.717, 1.165) is 15.7 Å². The Morgan fingerprint density at radius 3 is 3.04 bits per heavy atom. The number of hydrogen-bond donors (Lipinski definition) is 1. The zero-order valence-electron chi connectivity index (χ0n) is 14.9. The van der Waals surface area contributed by atoms with Crippen molar-refractivity contribution in [2.75, 3.05) is 36.2 Å². The molecule has 2 amide bonds. The summed E-state index contributed by atoms with van der Waals surface area (Å²) in [5, 5.41) is 11.8. The number of nitrogens with zero attached hydrogens (tertiary/aromatic N) is 3. The molecular formula is C17H19ClN4O3S2. The van der Waals surface area contributed by atoms with Crippen molar-refractivity contribution in [1.82, 2.24) is 10.2 Å².